The molecule has 0 heterocycles. The smallest absolute Gasteiger partial charge is 0.262 e. The largest absolute Gasteiger partial charge is 0.482 e. The molecule has 0 radical (unpaired) electrons. The van der Waals surface area contributed by atoms with Crippen molar-refractivity contribution in [1.82, 2.24) is 0 Å². The van der Waals surface area contributed by atoms with Crippen molar-refractivity contribution in [2.45, 2.75) is 6.92 Å². The highest BCUT2D eigenvalue weighted by Crippen LogP contribution is 2.16. The lowest BCUT2D eigenvalue weighted by Gasteiger charge is -2.08. The molecule has 0 aliphatic heterocycles. The van der Waals surface area contributed by atoms with Crippen LogP contribution in [0, 0.1) is 18.3 Å². The van der Waals surface area contributed by atoms with Gasteiger partial charge in [0.25, 0.3) is 5.91 Å². The van der Waals surface area contributed by atoms with Crippen molar-refractivity contribution in [3.63, 3.8) is 0 Å². The van der Waals surface area contributed by atoms with Gasteiger partial charge in [-0.1, -0.05) is 24.3 Å². The fourth-order valence-electron chi connectivity index (χ4n) is 1.75. The first-order valence-electron chi connectivity index (χ1n) is 6.17. The maximum Gasteiger partial charge on any atom is 0.262 e. The predicted octanol–water partition coefficient (Wildman–Crippen LogP) is 2.88. The minimum atomic E-state index is -0.261. The van der Waals surface area contributed by atoms with E-state index in [4.69, 9.17) is 10.00 Å². The van der Waals surface area contributed by atoms with Crippen LogP contribution in [-0.2, 0) is 4.79 Å². The van der Waals surface area contributed by atoms with Gasteiger partial charge < -0.3 is 10.1 Å². The molecule has 0 aliphatic carbocycles. The van der Waals surface area contributed by atoms with E-state index in [9.17, 15) is 4.79 Å². The Hall–Kier alpha value is -2.80. The number of aryl methyl sites for hydroxylation is 1. The van der Waals surface area contributed by atoms with Crippen molar-refractivity contribution >= 4 is 11.6 Å². The number of hydrogen-bond donors (Lipinski definition) is 1. The Morgan fingerprint density at radius 3 is 2.80 bits per heavy atom. The molecule has 2 aromatic carbocycles. The van der Waals surface area contributed by atoms with Gasteiger partial charge in [0.1, 0.15) is 11.8 Å². The number of anilines is 1. The second-order valence-corrected chi connectivity index (χ2v) is 4.31. The van der Waals surface area contributed by atoms with Gasteiger partial charge >= 0.3 is 0 Å². The zero-order chi connectivity index (χ0) is 14.4. The molecule has 0 unspecified atom stereocenters. The molecular weight excluding hydrogens is 252 g/mol. The van der Waals surface area contributed by atoms with Crippen molar-refractivity contribution in [3.8, 4) is 11.8 Å². The number of carbonyl (C=O) groups excluding carboxylic acids is 1. The number of nitriles is 1. The lowest BCUT2D eigenvalue weighted by Crippen LogP contribution is -2.20. The van der Waals surface area contributed by atoms with Crippen molar-refractivity contribution in [2.75, 3.05) is 11.9 Å². The van der Waals surface area contributed by atoms with Crippen LogP contribution < -0.4 is 10.1 Å². The Morgan fingerprint density at radius 2 is 2.05 bits per heavy atom. The molecule has 2 rings (SSSR count). The van der Waals surface area contributed by atoms with Gasteiger partial charge in [-0.05, 0) is 36.8 Å². The highest BCUT2D eigenvalue weighted by atomic mass is 16.5. The molecule has 100 valence electrons. The van der Waals surface area contributed by atoms with Crippen LogP contribution in [0.2, 0.25) is 0 Å². The summed E-state index contributed by atoms with van der Waals surface area (Å²) >= 11 is 0. The van der Waals surface area contributed by atoms with E-state index in [2.05, 4.69) is 5.32 Å². The molecule has 4 nitrogen and oxygen atoms in total. The topological polar surface area (TPSA) is 62.1 Å². The zero-order valence-electron chi connectivity index (χ0n) is 11.1. The van der Waals surface area contributed by atoms with E-state index in [-0.39, 0.29) is 12.5 Å². The quantitative estimate of drug-likeness (QED) is 0.925. The van der Waals surface area contributed by atoms with Gasteiger partial charge in [0, 0.05) is 5.69 Å². The van der Waals surface area contributed by atoms with Crippen LogP contribution in [0.15, 0.2) is 48.5 Å². The fourth-order valence-corrected chi connectivity index (χ4v) is 1.75. The molecule has 0 fully saturated rings. The number of nitrogens with one attached hydrogen (secondary N) is 1. The average molecular weight is 266 g/mol. The third kappa shape index (κ3) is 3.59. The number of hydrogen-bond acceptors (Lipinski definition) is 3. The number of nitrogens with zero attached hydrogens (tertiary/aromatic N) is 1. The van der Waals surface area contributed by atoms with Gasteiger partial charge in [-0.15, -0.1) is 0 Å². The molecule has 2 aromatic rings. The lowest BCUT2D eigenvalue weighted by molar-refractivity contribution is -0.118. The van der Waals surface area contributed by atoms with E-state index in [1.807, 2.05) is 37.3 Å². The maximum atomic E-state index is 11.8. The van der Waals surface area contributed by atoms with Crippen LogP contribution in [0.25, 0.3) is 0 Å². The molecule has 0 saturated heterocycles. The van der Waals surface area contributed by atoms with Gasteiger partial charge in [0.2, 0.25) is 0 Å². The number of carbonyl (C=O) groups is 1. The molecule has 4 heteroatoms. The highest BCUT2D eigenvalue weighted by Gasteiger charge is 2.06. The molecule has 0 saturated carbocycles. The zero-order valence-corrected chi connectivity index (χ0v) is 11.1. The number of benzene rings is 2. The summed E-state index contributed by atoms with van der Waals surface area (Å²) in [6, 6.07) is 16.4. The number of ether oxygens (including phenoxy) is 1. The Morgan fingerprint density at radius 1 is 1.25 bits per heavy atom. The van der Waals surface area contributed by atoms with Crippen LogP contribution in [0.4, 0.5) is 5.69 Å². The summed E-state index contributed by atoms with van der Waals surface area (Å²) in [5, 5.41) is 11.7. The summed E-state index contributed by atoms with van der Waals surface area (Å²) in [7, 11) is 0. The maximum absolute atomic E-state index is 11.8. The molecule has 1 N–H and O–H groups in total. The van der Waals surface area contributed by atoms with E-state index in [0.29, 0.717) is 11.3 Å². The summed E-state index contributed by atoms with van der Waals surface area (Å²) in [5.74, 6) is 0.151. The third-order valence-corrected chi connectivity index (χ3v) is 2.67. The standard InChI is InChI=1S/C16H14N2O2/c1-12-5-4-7-14(9-12)18-16(19)11-20-15-8-3-2-6-13(15)10-17/h2-9H,11H2,1H3,(H,18,19). The Labute approximate surface area is 117 Å². The third-order valence-electron chi connectivity index (χ3n) is 2.67. The summed E-state index contributed by atoms with van der Waals surface area (Å²) in [6.07, 6.45) is 0. The molecular formula is C16H14N2O2. The first-order valence-corrected chi connectivity index (χ1v) is 6.17. The second-order valence-electron chi connectivity index (χ2n) is 4.31. The van der Waals surface area contributed by atoms with Crippen molar-refractivity contribution in [2.24, 2.45) is 0 Å². The van der Waals surface area contributed by atoms with E-state index in [1.54, 1.807) is 24.3 Å². The average Bonchev–Trinajstić information content (AvgIpc) is 2.45. The van der Waals surface area contributed by atoms with Crippen LogP contribution in [-0.4, -0.2) is 12.5 Å². The number of amides is 1. The van der Waals surface area contributed by atoms with Crippen LogP contribution in [0.3, 0.4) is 0 Å². The summed E-state index contributed by atoms with van der Waals surface area (Å²) in [6.45, 7) is 1.82. The fraction of sp³-hybridized carbons (Fsp3) is 0.125. The molecule has 0 bridgehead atoms. The van der Waals surface area contributed by atoms with Gasteiger partial charge in [-0.3, -0.25) is 4.79 Å². The SMILES string of the molecule is Cc1cccc(NC(=O)COc2ccccc2C#N)c1. The lowest BCUT2D eigenvalue weighted by atomic mass is 10.2. The van der Waals surface area contributed by atoms with E-state index in [1.165, 1.54) is 0 Å². The number of para-hydroxylation sites is 1. The molecule has 0 aromatic heterocycles. The number of rotatable bonds is 4. The minimum absolute atomic E-state index is 0.132. The predicted molar refractivity (Wildman–Crippen MR) is 76.5 cm³/mol. The van der Waals surface area contributed by atoms with Gasteiger partial charge in [0.05, 0.1) is 5.56 Å². The first-order chi connectivity index (χ1) is 9.69. The van der Waals surface area contributed by atoms with E-state index in [0.717, 1.165) is 11.3 Å². The molecule has 0 spiro atoms. The van der Waals surface area contributed by atoms with Crippen LogP contribution in [0.5, 0.6) is 5.75 Å². The van der Waals surface area contributed by atoms with E-state index >= 15 is 0 Å². The second kappa shape index (κ2) is 6.39. The first kappa shape index (κ1) is 13.6. The monoisotopic (exact) mass is 266 g/mol. The minimum Gasteiger partial charge on any atom is -0.482 e. The van der Waals surface area contributed by atoms with E-state index < -0.39 is 0 Å². The summed E-state index contributed by atoms with van der Waals surface area (Å²) < 4.78 is 5.36. The van der Waals surface area contributed by atoms with Crippen molar-refractivity contribution in [1.29, 1.82) is 5.26 Å². The molecule has 0 aliphatic rings. The molecule has 0 atom stereocenters. The van der Waals surface area contributed by atoms with Gasteiger partial charge in [-0.25, -0.2) is 0 Å². The normalized spacial score (nSPS) is 9.60. The van der Waals surface area contributed by atoms with Gasteiger partial charge in [-0.2, -0.15) is 5.26 Å². The molecule has 1 amide bonds. The van der Waals surface area contributed by atoms with Crippen molar-refractivity contribution < 1.29 is 9.53 Å². The molecule has 20 heavy (non-hydrogen) atoms. The Kier molecular flexibility index (Phi) is 4.35. The van der Waals surface area contributed by atoms with Crippen molar-refractivity contribution in [3.05, 3.63) is 59.7 Å². The van der Waals surface area contributed by atoms with Crippen LogP contribution >= 0.6 is 0 Å². The van der Waals surface area contributed by atoms with Crippen LogP contribution in [0.1, 0.15) is 11.1 Å². The Bertz CT molecular complexity index is 660. The summed E-state index contributed by atoms with van der Waals surface area (Å²) in [5.41, 5.74) is 2.21. The van der Waals surface area contributed by atoms with Gasteiger partial charge in [0.15, 0.2) is 6.61 Å². The highest BCUT2D eigenvalue weighted by molar-refractivity contribution is 5.91. The summed E-state index contributed by atoms with van der Waals surface area (Å²) in [4.78, 5) is 11.8. The Balaban J connectivity index is 1.94.